The Morgan fingerprint density at radius 2 is 2.00 bits per heavy atom. The van der Waals surface area contributed by atoms with Gasteiger partial charge in [0, 0.05) is 10.9 Å². The maximum atomic E-state index is 13.9. The van der Waals surface area contributed by atoms with Gasteiger partial charge in [-0.25, -0.2) is 4.39 Å². The van der Waals surface area contributed by atoms with Gasteiger partial charge in [-0.05, 0) is 39.4 Å². The summed E-state index contributed by atoms with van der Waals surface area (Å²) in [6, 6.07) is 3.07. The number of benzene rings is 1. The van der Waals surface area contributed by atoms with Gasteiger partial charge >= 0.3 is 0 Å². The minimum Gasteiger partial charge on any atom is -0.294 e. The Kier molecular flexibility index (Phi) is 4.96. The third kappa shape index (κ3) is 3.55. The highest BCUT2D eigenvalue weighted by atomic mass is 79.9. The summed E-state index contributed by atoms with van der Waals surface area (Å²) in [6.07, 6.45) is 0.318. The predicted molar refractivity (Wildman–Crippen MR) is 76.7 cm³/mol. The summed E-state index contributed by atoms with van der Waals surface area (Å²) in [5, 5.41) is -0.0377. The highest BCUT2D eigenvalue weighted by Gasteiger charge is 2.25. The molecule has 0 aliphatic carbocycles. The SMILES string of the molecule is CC(CC(=O)c1ccc(Br)c(Cl)c1F)C(C)(C)C. The fraction of sp³-hybridized carbons (Fsp3) is 0.500. The highest BCUT2D eigenvalue weighted by Crippen LogP contribution is 2.32. The zero-order chi connectivity index (χ0) is 14.1. The van der Waals surface area contributed by atoms with E-state index in [1.807, 2.05) is 6.92 Å². The molecule has 18 heavy (non-hydrogen) atoms. The van der Waals surface area contributed by atoms with E-state index < -0.39 is 5.82 Å². The van der Waals surface area contributed by atoms with Gasteiger partial charge in [-0.3, -0.25) is 4.79 Å². The van der Waals surface area contributed by atoms with Crippen molar-refractivity contribution in [2.45, 2.75) is 34.1 Å². The van der Waals surface area contributed by atoms with Gasteiger partial charge in [0.15, 0.2) is 11.6 Å². The summed E-state index contributed by atoms with van der Waals surface area (Å²) < 4.78 is 14.3. The van der Waals surface area contributed by atoms with Crippen LogP contribution in [-0.4, -0.2) is 5.78 Å². The summed E-state index contributed by atoms with van der Waals surface area (Å²) >= 11 is 8.91. The molecule has 100 valence electrons. The number of hydrogen-bond acceptors (Lipinski definition) is 1. The van der Waals surface area contributed by atoms with Gasteiger partial charge in [-0.2, -0.15) is 0 Å². The standard InChI is InChI=1S/C14H17BrClFO/c1-8(14(2,3)4)7-11(18)9-5-6-10(15)12(16)13(9)17/h5-6,8H,7H2,1-4H3. The third-order valence-electron chi connectivity index (χ3n) is 3.31. The summed E-state index contributed by atoms with van der Waals surface area (Å²) in [5.74, 6) is -0.673. The van der Waals surface area contributed by atoms with Gasteiger partial charge in [0.2, 0.25) is 0 Å². The van der Waals surface area contributed by atoms with Crippen LogP contribution >= 0.6 is 27.5 Å². The van der Waals surface area contributed by atoms with E-state index in [2.05, 4.69) is 36.7 Å². The molecule has 1 atom stereocenters. The molecule has 1 unspecified atom stereocenters. The Labute approximate surface area is 121 Å². The molecule has 0 fully saturated rings. The number of Topliss-reactive ketones (excluding diaryl/α,β-unsaturated/α-hetero) is 1. The van der Waals surface area contributed by atoms with Crippen LogP contribution in [0, 0.1) is 17.2 Å². The second-order valence-electron chi connectivity index (χ2n) is 5.62. The van der Waals surface area contributed by atoms with Crippen LogP contribution < -0.4 is 0 Å². The zero-order valence-corrected chi connectivity index (χ0v) is 13.3. The molecule has 1 rings (SSSR count). The first-order valence-corrected chi connectivity index (χ1v) is 6.98. The molecule has 0 spiro atoms. The van der Waals surface area contributed by atoms with Crippen molar-refractivity contribution < 1.29 is 9.18 Å². The molecule has 1 aromatic carbocycles. The van der Waals surface area contributed by atoms with Gasteiger partial charge in [0.05, 0.1) is 10.6 Å². The molecule has 0 aromatic heterocycles. The molecule has 0 N–H and O–H groups in total. The van der Waals surface area contributed by atoms with E-state index in [4.69, 9.17) is 11.6 Å². The number of rotatable bonds is 3. The molecule has 0 bridgehead atoms. The predicted octanol–water partition coefficient (Wildman–Crippen LogP) is 5.50. The van der Waals surface area contributed by atoms with E-state index in [0.717, 1.165) is 0 Å². The highest BCUT2D eigenvalue weighted by molar-refractivity contribution is 9.10. The molecular formula is C14H17BrClFO. The lowest BCUT2D eigenvalue weighted by Gasteiger charge is -2.26. The van der Waals surface area contributed by atoms with Crippen LogP contribution in [0.3, 0.4) is 0 Å². The second-order valence-corrected chi connectivity index (χ2v) is 6.85. The summed E-state index contributed by atoms with van der Waals surface area (Å²) in [4.78, 5) is 12.1. The summed E-state index contributed by atoms with van der Waals surface area (Å²) in [6.45, 7) is 8.19. The van der Waals surface area contributed by atoms with Gasteiger partial charge < -0.3 is 0 Å². The van der Waals surface area contributed by atoms with E-state index in [1.54, 1.807) is 6.07 Å². The Morgan fingerprint density at radius 1 is 1.44 bits per heavy atom. The normalized spacial score (nSPS) is 13.5. The molecule has 0 aliphatic heterocycles. The maximum Gasteiger partial charge on any atom is 0.166 e. The number of hydrogen-bond donors (Lipinski definition) is 0. The Balaban J connectivity index is 2.96. The molecule has 4 heteroatoms. The maximum absolute atomic E-state index is 13.9. The Hall–Kier alpha value is -0.410. The van der Waals surface area contributed by atoms with E-state index >= 15 is 0 Å². The quantitative estimate of drug-likeness (QED) is 0.527. The van der Waals surface area contributed by atoms with Crippen molar-refractivity contribution in [1.29, 1.82) is 0 Å². The minimum absolute atomic E-state index is 0.0191. The lowest BCUT2D eigenvalue weighted by Crippen LogP contribution is -2.21. The van der Waals surface area contributed by atoms with Crippen LogP contribution in [-0.2, 0) is 0 Å². The minimum atomic E-state index is -0.642. The van der Waals surface area contributed by atoms with E-state index in [9.17, 15) is 9.18 Å². The molecule has 0 aliphatic rings. The summed E-state index contributed by atoms with van der Waals surface area (Å²) in [5.41, 5.74) is 0.0879. The van der Waals surface area contributed by atoms with Crippen molar-refractivity contribution in [3.63, 3.8) is 0 Å². The van der Waals surface area contributed by atoms with Crippen molar-refractivity contribution in [2.24, 2.45) is 11.3 Å². The lowest BCUT2D eigenvalue weighted by atomic mass is 9.78. The monoisotopic (exact) mass is 334 g/mol. The molecule has 0 saturated heterocycles. The fourth-order valence-corrected chi connectivity index (χ4v) is 1.91. The van der Waals surface area contributed by atoms with Crippen molar-refractivity contribution in [2.75, 3.05) is 0 Å². The molecular weight excluding hydrogens is 319 g/mol. The Morgan fingerprint density at radius 3 is 2.50 bits per heavy atom. The Bertz CT molecular complexity index is 466. The van der Waals surface area contributed by atoms with Gasteiger partial charge in [-0.1, -0.05) is 39.3 Å². The van der Waals surface area contributed by atoms with Gasteiger partial charge in [-0.15, -0.1) is 0 Å². The van der Waals surface area contributed by atoms with Crippen LogP contribution in [0.1, 0.15) is 44.5 Å². The molecule has 0 heterocycles. The van der Waals surface area contributed by atoms with Crippen LogP contribution in [0.5, 0.6) is 0 Å². The third-order valence-corrected chi connectivity index (χ3v) is 4.56. The first-order valence-electron chi connectivity index (χ1n) is 5.81. The van der Waals surface area contributed by atoms with E-state index in [1.165, 1.54) is 6.07 Å². The van der Waals surface area contributed by atoms with Crippen molar-refractivity contribution >= 4 is 33.3 Å². The molecule has 0 amide bonds. The average Bonchev–Trinajstić information content (AvgIpc) is 2.24. The molecule has 1 nitrogen and oxygen atoms in total. The molecule has 0 radical (unpaired) electrons. The smallest absolute Gasteiger partial charge is 0.166 e. The van der Waals surface area contributed by atoms with E-state index in [0.29, 0.717) is 10.9 Å². The van der Waals surface area contributed by atoms with Crippen LogP contribution in [0.2, 0.25) is 5.02 Å². The van der Waals surface area contributed by atoms with Crippen molar-refractivity contribution in [3.8, 4) is 0 Å². The van der Waals surface area contributed by atoms with Crippen LogP contribution in [0.15, 0.2) is 16.6 Å². The van der Waals surface area contributed by atoms with Crippen LogP contribution in [0.25, 0.3) is 0 Å². The van der Waals surface area contributed by atoms with Gasteiger partial charge in [0.1, 0.15) is 0 Å². The van der Waals surface area contributed by atoms with E-state index in [-0.39, 0.29) is 27.7 Å². The first-order chi connectivity index (χ1) is 8.14. The van der Waals surface area contributed by atoms with Crippen LogP contribution in [0.4, 0.5) is 4.39 Å². The largest absolute Gasteiger partial charge is 0.294 e. The number of carbonyl (C=O) groups excluding carboxylic acids is 1. The summed E-state index contributed by atoms with van der Waals surface area (Å²) in [7, 11) is 0. The molecule has 0 saturated carbocycles. The molecule has 1 aromatic rings. The lowest BCUT2D eigenvalue weighted by molar-refractivity contribution is 0.0923. The number of ketones is 1. The number of carbonyl (C=O) groups is 1. The topological polar surface area (TPSA) is 17.1 Å². The second kappa shape index (κ2) is 5.70. The first kappa shape index (κ1) is 15.6. The van der Waals surface area contributed by atoms with Crippen molar-refractivity contribution in [3.05, 3.63) is 33.0 Å². The van der Waals surface area contributed by atoms with Gasteiger partial charge in [0.25, 0.3) is 0 Å². The number of halogens is 3. The fourth-order valence-electron chi connectivity index (χ4n) is 1.44. The average molecular weight is 336 g/mol. The van der Waals surface area contributed by atoms with Crippen molar-refractivity contribution in [1.82, 2.24) is 0 Å². The zero-order valence-electron chi connectivity index (χ0n) is 11.0.